The van der Waals surface area contributed by atoms with Crippen molar-refractivity contribution in [3.05, 3.63) is 82.9 Å². The molecule has 1 aromatic carbocycles. The van der Waals surface area contributed by atoms with Crippen LogP contribution >= 0.6 is 28.1 Å². The number of halogens is 1. The molecule has 3 heterocycles. The molecule has 3 aromatic rings. The molecule has 4 rings (SSSR count). The van der Waals surface area contributed by atoms with E-state index in [4.69, 9.17) is 12.2 Å². The molecular formula is C19H17BrN4S. The fourth-order valence-corrected chi connectivity index (χ4v) is 3.95. The molecule has 1 aliphatic rings. The number of nitrogens with zero attached hydrogens (tertiary/aromatic N) is 3. The lowest BCUT2D eigenvalue weighted by molar-refractivity contribution is 0.357. The number of benzene rings is 1. The molecule has 2 atom stereocenters. The summed E-state index contributed by atoms with van der Waals surface area (Å²) >= 11 is 9.08. The van der Waals surface area contributed by atoms with Crippen LogP contribution in [0.2, 0.25) is 0 Å². The SMILES string of the molecule is CN1C(=S)N[C@H](c2ccccn2)[C@H]1c1cccn1-c1cccc(Br)c1. The second-order valence-corrected chi connectivity index (χ2v) is 7.32. The molecule has 0 aliphatic carbocycles. The van der Waals surface area contributed by atoms with Crippen molar-refractivity contribution in [2.75, 3.05) is 7.05 Å². The lowest BCUT2D eigenvalue weighted by Crippen LogP contribution is -2.25. The molecule has 126 valence electrons. The summed E-state index contributed by atoms with van der Waals surface area (Å²) < 4.78 is 3.26. The van der Waals surface area contributed by atoms with Crippen LogP contribution < -0.4 is 5.32 Å². The average Bonchev–Trinajstić information content (AvgIpc) is 3.21. The second kappa shape index (κ2) is 6.61. The average molecular weight is 413 g/mol. The van der Waals surface area contributed by atoms with Crippen molar-refractivity contribution in [3.8, 4) is 5.69 Å². The van der Waals surface area contributed by atoms with E-state index in [1.807, 2.05) is 43.6 Å². The monoisotopic (exact) mass is 412 g/mol. The maximum Gasteiger partial charge on any atom is 0.169 e. The normalized spacial score (nSPS) is 19.9. The lowest BCUT2D eigenvalue weighted by atomic mass is 10.0. The van der Waals surface area contributed by atoms with Gasteiger partial charge in [0, 0.05) is 35.3 Å². The Morgan fingerprint density at radius 1 is 1.12 bits per heavy atom. The smallest absolute Gasteiger partial charge is 0.169 e. The Morgan fingerprint density at radius 3 is 2.76 bits per heavy atom. The van der Waals surface area contributed by atoms with Crippen molar-refractivity contribution in [2.45, 2.75) is 12.1 Å². The van der Waals surface area contributed by atoms with Crippen molar-refractivity contribution < 1.29 is 0 Å². The molecule has 1 N–H and O–H groups in total. The van der Waals surface area contributed by atoms with Crippen LogP contribution in [0.25, 0.3) is 5.69 Å². The van der Waals surface area contributed by atoms with E-state index in [2.05, 4.69) is 66.2 Å². The molecular weight excluding hydrogens is 396 g/mol. The van der Waals surface area contributed by atoms with E-state index in [1.165, 1.54) is 5.69 Å². The van der Waals surface area contributed by atoms with Crippen molar-refractivity contribution in [1.82, 2.24) is 19.8 Å². The third-order valence-electron chi connectivity index (χ3n) is 4.51. The molecule has 1 aliphatic heterocycles. The van der Waals surface area contributed by atoms with Crippen LogP contribution in [0.1, 0.15) is 23.5 Å². The van der Waals surface area contributed by atoms with Crippen molar-refractivity contribution in [1.29, 1.82) is 0 Å². The fourth-order valence-electron chi connectivity index (χ4n) is 3.32. The van der Waals surface area contributed by atoms with Crippen LogP contribution in [0.3, 0.4) is 0 Å². The molecule has 0 amide bonds. The molecule has 1 saturated heterocycles. The first kappa shape index (κ1) is 16.3. The standard InChI is InChI=1S/C19H17BrN4S/c1-23-18(17(22-19(23)25)15-8-2-3-10-21-15)16-9-5-11-24(16)14-7-4-6-13(20)12-14/h2-12,17-18H,1H3,(H,22,25)/t17-,18-/m1/s1. The summed E-state index contributed by atoms with van der Waals surface area (Å²) in [6, 6.07) is 18.6. The van der Waals surface area contributed by atoms with Gasteiger partial charge in [-0.1, -0.05) is 28.1 Å². The zero-order valence-corrected chi connectivity index (χ0v) is 16.0. The van der Waals surface area contributed by atoms with Crippen molar-refractivity contribution in [3.63, 3.8) is 0 Å². The second-order valence-electron chi connectivity index (χ2n) is 6.02. The van der Waals surface area contributed by atoms with Crippen LogP contribution in [0.5, 0.6) is 0 Å². The Labute approximate surface area is 160 Å². The minimum atomic E-state index is 0.0134. The zero-order chi connectivity index (χ0) is 17.4. The van der Waals surface area contributed by atoms with Gasteiger partial charge in [-0.05, 0) is 54.7 Å². The van der Waals surface area contributed by atoms with E-state index in [-0.39, 0.29) is 12.1 Å². The number of aromatic nitrogens is 2. The molecule has 0 bridgehead atoms. The van der Waals surface area contributed by atoms with Crippen LogP contribution in [0.15, 0.2) is 71.5 Å². The highest BCUT2D eigenvalue weighted by molar-refractivity contribution is 9.10. The maximum absolute atomic E-state index is 5.52. The van der Waals surface area contributed by atoms with Crippen molar-refractivity contribution >= 4 is 33.3 Å². The number of likely N-dealkylation sites (N-methyl/N-ethyl adjacent to an activating group) is 1. The van der Waals surface area contributed by atoms with Crippen LogP contribution in [-0.2, 0) is 0 Å². The van der Waals surface area contributed by atoms with E-state index in [9.17, 15) is 0 Å². The van der Waals surface area contributed by atoms with Gasteiger partial charge >= 0.3 is 0 Å². The fraction of sp³-hybridized carbons (Fsp3) is 0.158. The molecule has 0 spiro atoms. The highest BCUT2D eigenvalue weighted by atomic mass is 79.9. The summed E-state index contributed by atoms with van der Waals surface area (Å²) in [7, 11) is 2.03. The van der Waals surface area contributed by atoms with Gasteiger partial charge < -0.3 is 14.8 Å². The Morgan fingerprint density at radius 2 is 2.00 bits per heavy atom. The zero-order valence-electron chi connectivity index (χ0n) is 13.6. The molecule has 6 heteroatoms. The summed E-state index contributed by atoms with van der Waals surface area (Å²) in [5, 5.41) is 4.16. The minimum absolute atomic E-state index is 0.0134. The first-order valence-electron chi connectivity index (χ1n) is 8.02. The molecule has 1 fully saturated rings. The Bertz CT molecular complexity index is 909. The summed E-state index contributed by atoms with van der Waals surface area (Å²) in [5.41, 5.74) is 3.27. The van der Waals surface area contributed by atoms with E-state index >= 15 is 0 Å². The van der Waals surface area contributed by atoms with Gasteiger partial charge in [0.2, 0.25) is 0 Å². The number of pyridine rings is 1. The summed E-state index contributed by atoms with van der Waals surface area (Å²) in [6.07, 6.45) is 3.91. The minimum Gasteiger partial charge on any atom is -0.352 e. The van der Waals surface area contributed by atoms with E-state index in [0.29, 0.717) is 0 Å². The molecule has 25 heavy (non-hydrogen) atoms. The van der Waals surface area contributed by atoms with Gasteiger partial charge in [-0.2, -0.15) is 0 Å². The summed E-state index contributed by atoms with van der Waals surface area (Å²) in [5.74, 6) is 0. The first-order chi connectivity index (χ1) is 12.1. The van der Waals surface area contributed by atoms with E-state index in [1.54, 1.807) is 0 Å². The molecule has 0 unspecified atom stereocenters. The molecule has 0 radical (unpaired) electrons. The topological polar surface area (TPSA) is 33.1 Å². The molecule has 4 nitrogen and oxygen atoms in total. The summed E-state index contributed by atoms with van der Waals surface area (Å²) in [6.45, 7) is 0. The number of thiocarbonyl (C=S) groups is 1. The Balaban J connectivity index is 1.80. The van der Waals surface area contributed by atoms with Crippen LogP contribution in [-0.4, -0.2) is 26.6 Å². The van der Waals surface area contributed by atoms with Gasteiger partial charge in [-0.25, -0.2) is 0 Å². The largest absolute Gasteiger partial charge is 0.352 e. The van der Waals surface area contributed by atoms with Crippen molar-refractivity contribution in [2.24, 2.45) is 0 Å². The van der Waals surface area contributed by atoms with Gasteiger partial charge in [-0.3, -0.25) is 4.98 Å². The van der Waals surface area contributed by atoms with Gasteiger partial charge in [0.25, 0.3) is 0 Å². The van der Waals surface area contributed by atoms with E-state index in [0.717, 1.165) is 21.0 Å². The van der Waals surface area contributed by atoms with Gasteiger partial charge in [0.1, 0.15) is 0 Å². The third-order valence-corrected chi connectivity index (χ3v) is 5.41. The van der Waals surface area contributed by atoms with Crippen LogP contribution in [0.4, 0.5) is 0 Å². The predicted octanol–water partition coefficient (Wildman–Crippen LogP) is 4.24. The first-order valence-corrected chi connectivity index (χ1v) is 9.23. The number of hydrogen-bond acceptors (Lipinski definition) is 2. The highest BCUT2D eigenvalue weighted by Gasteiger charge is 2.39. The number of nitrogens with one attached hydrogen (secondary N) is 1. The van der Waals surface area contributed by atoms with Gasteiger partial charge in [0.15, 0.2) is 5.11 Å². The predicted molar refractivity (Wildman–Crippen MR) is 107 cm³/mol. The molecule has 0 saturated carbocycles. The lowest BCUT2D eigenvalue weighted by Gasteiger charge is -2.25. The van der Waals surface area contributed by atoms with Gasteiger partial charge in [0.05, 0.1) is 17.8 Å². The van der Waals surface area contributed by atoms with E-state index < -0.39 is 0 Å². The quantitative estimate of drug-likeness (QED) is 0.652. The van der Waals surface area contributed by atoms with Gasteiger partial charge in [-0.15, -0.1) is 0 Å². The Kier molecular flexibility index (Phi) is 4.31. The number of hydrogen-bond donors (Lipinski definition) is 1. The van der Waals surface area contributed by atoms with Crippen LogP contribution in [0, 0.1) is 0 Å². The summed E-state index contributed by atoms with van der Waals surface area (Å²) in [4.78, 5) is 6.65. The maximum atomic E-state index is 5.52. The molecule has 2 aromatic heterocycles. The Hall–Kier alpha value is -2.18. The highest BCUT2D eigenvalue weighted by Crippen LogP contribution is 2.38. The third kappa shape index (κ3) is 2.96. The number of rotatable bonds is 3.